The van der Waals surface area contributed by atoms with Crippen LogP contribution >= 0.6 is 0 Å². The van der Waals surface area contributed by atoms with Crippen LogP contribution in [-0.2, 0) is 11.8 Å². The second-order valence-electron chi connectivity index (χ2n) is 8.61. The Morgan fingerprint density at radius 1 is 1.04 bits per heavy atom. The van der Waals surface area contributed by atoms with Gasteiger partial charge in [0.25, 0.3) is 0 Å². The number of phenols is 1. The molecule has 2 heterocycles. The van der Waals surface area contributed by atoms with Crippen LogP contribution in [0.2, 0.25) is 0 Å². The molecule has 1 fully saturated rings. The average Bonchev–Trinajstić information content (AvgIpc) is 3.10. The Morgan fingerprint density at radius 3 is 2.82 bits per heavy atom. The number of hydrogen-bond donors (Lipinski definition) is 2. The van der Waals surface area contributed by atoms with Crippen LogP contribution in [0.25, 0.3) is 21.7 Å². The maximum atomic E-state index is 10.2. The number of likely N-dealkylation sites (tertiary alicyclic amines) is 1. The molecule has 2 atom stereocenters. The van der Waals surface area contributed by atoms with Crippen molar-refractivity contribution < 1.29 is 5.11 Å². The van der Waals surface area contributed by atoms with Gasteiger partial charge in [-0.2, -0.15) is 0 Å². The molecular formula is C25H24N2O. The minimum absolute atomic E-state index is 0.0375. The first-order valence-electron chi connectivity index (χ1n) is 10.2. The fourth-order valence-corrected chi connectivity index (χ4v) is 5.80. The van der Waals surface area contributed by atoms with Crippen LogP contribution in [0.1, 0.15) is 29.7 Å². The van der Waals surface area contributed by atoms with E-state index in [0.717, 1.165) is 25.8 Å². The molecule has 3 nitrogen and oxygen atoms in total. The van der Waals surface area contributed by atoms with Crippen LogP contribution in [-0.4, -0.2) is 34.6 Å². The van der Waals surface area contributed by atoms with Crippen molar-refractivity contribution in [1.82, 2.24) is 9.88 Å². The summed E-state index contributed by atoms with van der Waals surface area (Å²) in [5.74, 6) is 0.361. The lowest BCUT2D eigenvalue weighted by Gasteiger charge is -2.50. The number of nitrogens with one attached hydrogen (secondary N) is 1. The second kappa shape index (κ2) is 5.62. The number of aromatic hydroxyl groups is 1. The van der Waals surface area contributed by atoms with Gasteiger partial charge in [0.1, 0.15) is 5.75 Å². The molecule has 1 aliphatic carbocycles. The van der Waals surface area contributed by atoms with Crippen molar-refractivity contribution in [1.29, 1.82) is 0 Å². The molecule has 3 heteroatoms. The molecule has 2 aliphatic rings. The van der Waals surface area contributed by atoms with Crippen LogP contribution in [0.4, 0.5) is 0 Å². The maximum absolute atomic E-state index is 10.2. The first kappa shape index (κ1) is 16.2. The molecule has 0 unspecified atom stereocenters. The van der Waals surface area contributed by atoms with Gasteiger partial charge in [0.05, 0.1) is 5.52 Å². The molecule has 140 valence electrons. The van der Waals surface area contributed by atoms with Gasteiger partial charge in [-0.15, -0.1) is 0 Å². The molecule has 3 aromatic carbocycles. The molecule has 0 amide bonds. The molecular weight excluding hydrogens is 344 g/mol. The molecule has 0 saturated carbocycles. The number of aromatic amines is 1. The Bertz CT molecular complexity index is 1220. The van der Waals surface area contributed by atoms with Crippen LogP contribution in [0.15, 0.2) is 60.7 Å². The molecule has 1 aromatic heterocycles. The topological polar surface area (TPSA) is 39.3 Å². The number of aromatic nitrogens is 1. The van der Waals surface area contributed by atoms with Gasteiger partial charge in [0.2, 0.25) is 0 Å². The van der Waals surface area contributed by atoms with E-state index < -0.39 is 0 Å². The van der Waals surface area contributed by atoms with Crippen molar-refractivity contribution in [2.75, 3.05) is 13.6 Å². The van der Waals surface area contributed by atoms with Crippen LogP contribution in [0.5, 0.6) is 5.75 Å². The number of H-pyrrole nitrogens is 1. The summed E-state index contributed by atoms with van der Waals surface area (Å²) >= 11 is 0. The first-order valence-corrected chi connectivity index (χ1v) is 10.2. The zero-order chi connectivity index (χ0) is 18.9. The summed E-state index contributed by atoms with van der Waals surface area (Å²) in [6.45, 7) is 1.08. The Balaban J connectivity index is 1.70. The van der Waals surface area contributed by atoms with E-state index in [-0.39, 0.29) is 5.41 Å². The van der Waals surface area contributed by atoms with E-state index in [1.54, 1.807) is 6.07 Å². The van der Waals surface area contributed by atoms with E-state index in [9.17, 15) is 5.11 Å². The zero-order valence-electron chi connectivity index (χ0n) is 16.1. The minimum atomic E-state index is -0.0375. The highest BCUT2D eigenvalue weighted by atomic mass is 16.3. The Morgan fingerprint density at radius 2 is 1.93 bits per heavy atom. The Labute approximate surface area is 164 Å². The zero-order valence-corrected chi connectivity index (χ0v) is 16.1. The van der Waals surface area contributed by atoms with E-state index in [2.05, 4.69) is 59.4 Å². The largest absolute Gasteiger partial charge is 0.508 e. The van der Waals surface area contributed by atoms with Crippen molar-refractivity contribution in [2.24, 2.45) is 0 Å². The van der Waals surface area contributed by atoms with E-state index >= 15 is 0 Å². The maximum Gasteiger partial charge on any atom is 0.115 e. The van der Waals surface area contributed by atoms with Crippen molar-refractivity contribution in [3.05, 3.63) is 77.5 Å². The Hall–Kier alpha value is -2.78. The third kappa shape index (κ3) is 2.08. The number of benzene rings is 3. The smallest absolute Gasteiger partial charge is 0.115 e. The molecule has 0 radical (unpaired) electrons. The van der Waals surface area contributed by atoms with Crippen molar-refractivity contribution >= 4 is 21.7 Å². The summed E-state index contributed by atoms with van der Waals surface area (Å²) in [7, 11) is 2.25. The number of rotatable bonds is 1. The normalized spacial score (nSPS) is 24.5. The highest BCUT2D eigenvalue weighted by Crippen LogP contribution is 2.52. The fraction of sp³-hybridized carbons (Fsp3) is 0.280. The van der Waals surface area contributed by atoms with Crippen molar-refractivity contribution in [2.45, 2.75) is 30.7 Å². The van der Waals surface area contributed by atoms with Gasteiger partial charge in [-0.3, -0.25) is 0 Å². The average molecular weight is 368 g/mol. The summed E-state index contributed by atoms with van der Waals surface area (Å²) in [6.07, 6.45) is 3.26. The third-order valence-electron chi connectivity index (χ3n) is 7.19. The van der Waals surface area contributed by atoms with Crippen molar-refractivity contribution in [3.63, 3.8) is 0 Å². The molecule has 28 heavy (non-hydrogen) atoms. The molecule has 2 bridgehead atoms. The van der Waals surface area contributed by atoms with Gasteiger partial charge in [0.15, 0.2) is 0 Å². The Kier molecular flexibility index (Phi) is 3.25. The summed E-state index contributed by atoms with van der Waals surface area (Å²) in [5, 5.41) is 14.1. The van der Waals surface area contributed by atoms with Gasteiger partial charge < -0.3 is 15.0 Å². The second-order valence-corrected chi connectivity index (χ2v) is 8.61. The van der Waals surface area contributed by atoms with Gasteiger partial charge in [-0.25, -0.2) is 0 Å². The van der Waals surface area contributed by atoms with E-state index in [4.69, 9.17) is 0 Å². The van der Waals surface area contributed by atoms with Crippen LogP contribution < -0.4 is 0 Å². The predicted molar refractivity (Wildman–Crippen MR) is 114 cm³/mol. The number of hydrogen-bond acceptors (Lipinski definition) is 2. The lowest BCUT2D eigenvalue weighted by molar-refractivity contribution is 0.123. The number of likely N-dealkylation sites (N-methyl/N-ethyl adjacent to an activating group) is 1. The molecule has 1 aliphatic heterocycles. The summed E-state index contributed by atoms with van der Waals surface area (Å²) < 4.78 is 0. The van der Waals surface area contributed by atoms with Crippen LogP contribution in [0, 0.1) is 0 Å². The number of fused-ring (bicyclic) bond motifs is 8. The fourth-order valence-electron chi connectivity index (χ4n) is 5.80. The number of phenolic OH excluding ortho intramolecular Hbond substituents is 1. The summed E-state index contributed by atoms with van der Waals surface area (Å²) in [6, 6.07) is 21.7. The standard InChI is InChI=1S/C25H24N2O/c1-27-12-11-25(17-6-4-7-19(28)13-17)15-18(27)14-22-23(25)21-10-9-16-5-2-3-8-20(16)24(21)26-22/h2-10,13,18,26,28H,11-12,14-15H2,1H3/t18-,25-/m1/s1. The van der Waals surface area contributed by atoms with Crippen molar-refractivity contribution in [3.8, 4) is 5.75 Å². The highest BCUT2D eigenvalue weighted by molar-refractivity contribution is 6.07. The summed E-state index contributed by atoms with van der Waals surface area (Å²) in [4.78, 5) is 6.34. The first-order chi connectivity index (χ1) is 13.7. The molecule has 1 saturated heterocycles. The SMILES string of the molecule is CN1CC[C@]2(c3cccc(O)c3)C[C@H]1Cc1[nH]c3c(ccc4ccccc43)c12. The molecule has 2 N–H and O–H groups in total. The van der Waals surface area contributed by atoms with E-state index in [0.29, 0.717) is 11.8 Å². The number of piperidine rings is 1. The minimum Gasteiger partial charge on any atom is -0.508 e. The van der Waals surface area contributed by atoms with Crippen LogP contribution in [0.3, 0.4) is 0 Å². The van der Waals surface area contributed by atoms with Gasteiger partial charge >= 0.3 is 0 Å². The highest BCUT2D eigenvalue weighted by Gasteiger charge is 2.47. The lowest BCUT2D eigenvalue weighted by Crippen LogP contribution is -2.52. The van der Waals surface area contributed by atoms with E-state index in [1.807, 2.05) is 12.1 Å². The summed E-state index contributed by atoms with van der Waals surface area (Å²) in [5.41, 5.74) is 5.31. The van der Waals surface area contributed by atoms with Gasteiger partial charge in [-0.05, 0) is 55.1 Å². The third-order valence-corrected chi connectivity index (χ3v) is 7.19. The molecule has 4 aromatic rings. The molecule has 0 spiro atoms. The monoisotopic (exact) mass is 368 g/mol. The lowest BCUT2D eigenvalue weighted by atomic mass is 9.61. The predicted octanol–water partition coefficient (Wildman–Crippen LogP) is 4.96. The van der Waals surface area contributed by atoms with E-state index in [1.165, 1.54) is 38.5 Å². The molecule has 6 rings (SSSR count). The van der Waals surface area contributed by atoms with Gasteiger partial charge in [0, 0.05) is 34.3 Å². The number of nitrogens with zero attached hydrogens (tertiary/aromatic N) is 1. The van der Waals surface area contributed by atoms with Gasteiger partial charge in [-0.1, -0.05) is 48.5 Å². The quantitative estimate of drug-likeness (QED) is 0.498.